The Kier molecular flexibility index (Phi) is 3.20. The third-order valence-corrected chi connectivity index (χ3v) is 3.00. The summed E-state index contributed by atoms with van der Waals surface area (Å²) in [6.07, 6.45) is 3.40. The normalized spacial score (nSPS) is 10.2. The fourth-order valence-electron chi connectivity index (χ4n) is 1.86. The second-order valence-electron chi connectivity index (χ2n) is 4.16. The van der Waals surface area contributed by atoms with Gasteiger partial charge in [0, 0.05) is 34.6 Å². The molecule has 3 aromatic rings. The molecule has 3 rings (SSSR count). The highest BCUT2D eigenvalue weighted by molar-refractivity contribution is 6.31. The lowest BCUT2D eigenvalue weighted by Crippen LogP contribution is -1.79. The lowest BCUT2D eigenvalue weighted by Gasteiger charge is -1.97. The predicted molar refractivity (Wildman–Crippen MR) is 74.9 cm³/mol. The molecule has 0 saturated heterocycles. The Balaban J connectivity index is 2.03. The van der Waals surface area contributed by atoms with Crippen molar-refractivity contribution in [2.45, 2.75) is 0 Å². The fourth-order valence-corrected chi connectivity index (χ4v) is 2.09. The van der Waals surface area contributed by atoms with Gasteiger partial charge in [-0.15, -0.1) is 0 Å². The average Bonchev–Trinajstić information content (AvgIpc) is 2.97. The number of pyridine rings is 1. The van der Waals surface area contributed by atoms with Crippen LogP contribution in [0.25, 0.3) is 22.6 Å². The zero-order chi connectivity index (χ0) is 13.9. The van der Waals surface area contributed by atoms with Crippen molar-refractivity contribution in [2.75, 3.05) is 0 Å². The molecule has 1 aromatic carbocycles. The predicted octanol–water partition coefficient (Wildman–Crippen LogP) is 3.93. The Labute approximate surface area is 120 Å². The van der Waals surface area contributed by atoms with Crippen LogP contribution in [0.4, 0.5) is 0 Å². The van der Waals surface area contributed by atoms with Crippen LogP contribution in [0.5, 0.6) is 0 Å². The lowest BCUT2D eigenvalue weighted by molar-refractivity contribution is 0.435. The molecule has 2 aromatic heterocycles. The zero-order valence-electron chi connectivity index (χ0n) is 10.2. The van der Waals surface area contributed by atoms with Gasteiger partial charge < -0.3 is 4.52 Å². The van der Waals surface area contributed by atoms with Crippen LogP contribution in [0.2, 0.25) is 5.02 Å². The highest BCUT2D eigenvalue weighted by Gasteiger charge is 2.10. The van der Waals surface area contributed by atoms with Crippen LogP contribution in [0, 0.1) is 11.3 Å². The zero-order valence-corrected chi connectivity index (χ0v) is 11.0. The summed E-state index contributed by atoms with van der Waals surface area (Å²) < 4.78 is 5.31. The number of nitriles is 1. The molecule has 0 radical (unpaired) electrons. The van der Waals surface area contributed by atoms with E-state index in [1.165, 1.54) is 0 Å². The van der Waals surface area contributed by atoms with Gasteiger partial charge in [0.2, 0.25) is 0 Å². The molecule has 2 heterocycles. The molecule has 0 spiro atoms. The SMILES string of the molecule is N#Cc1cc(Cl)cc(-c2cc(-c3cccnc3)no2)c1. The fraction of sp³-hybridized carbons (Fsp3) is 0. The minimum Gasteiger partial charge on any atom is -0.356 e. The van der Waals surface area contributed by atoms with E-state index in [4.69, 9.17) is 21.4 Å². The molecule has 0 amide bonds. The number of benzene rings is 1. The Hall–Kier alpha value is -2.64. The van der Waals surface area contributed by atoms with Gasteiger partial charge >= 0.3 is 0 Å². The van der Waals surface area contributed by atoms with E-state index in [-0.39, 0.29) is 0 Å². The number of hydrogen-bond acceptors (Lipinski definition) is 4. The summed E-state index contributed by atoms with van der Waals surface area (Å²) in [5.41, 5.74) is 2.75. The molecule has 0 aliphatic rings. The van der Waals surface area contributed by atoms with Gasteiger partial charge in [0.1, 0.15) is 5.69 Å². The Morgan fingerprint density at radius 3 is 2.80 bits per heavy atom. The minimum absolute atomic E-state index is 0.479. The molecule has 0 bridgehead atoms. The number of halogens is 1. The maximum absolute atomic E-state index is 8.95. The van der Waals surface area contributed by atoms with Crippen LogP contribution >= 0.6 is 11.6 Å². The van der Waals surface area contributed by atoms with Crippen molar-refractivity contribution >= 4 is 11.6 Å². The smallest absolute Gasteiger partial charge is 0.167 e. The van der Waals surface area contributed by atoms with Crippen LogP contribution in [-0.2, 0) is 0 Å². The van der Waals surface area contributed by atoms with Crippen molar-refractivity contribution in [1.82, 2.24) is 10.1 Å². The van der Waals surface area contributed by atoms with Gasteiger partial charge in [-0.05, 0) is 30.3 Å². The van der Waals surface area contributed by atoms with E-state index in [1.807, 2.05) is 12.1 Å². The summed E-state index contributed by atoms with van der Waals surface area (Å²) in [4.78, 5) is 4.04. The van der Waals surface area contributed by atoms with Crippen LogP contribution in [-0.4, -0.2) is 10.1 Å². The number of hydrogen-bond donors (Lipinski definition) is 0. The highest BCUT2D eigenvalue weighted by atomic mass is 35.5. The van der Waals surface area contributed by atoms with Crippen molar-refractivity contribution in [3.05, 3.63) is 59.4 Å². The van der Waals surface area contributed by atoms with Gasteiger partial charge in [0.25, 0.3) is 0 Å². The van der Waals surface area contributed by atoms with Crippen molar-refractivity contribution in [2.24, 2.45) is 0 Å². The molecule has 20 heavy (non-hydrogen) atoms. The van der Waals surface area contributed by atoms with Crippen LogP contribution in [0.1, 0.15) is 5.56 Å². The molecular weight excluding hydrogens is 274 g/mol. The topological polar surface area (TPSA) is 62.7 Å². The van der Waals surface area contributed by atoms with E-state index >= 15 is 0 Å². The largest absolute Gasteiger partial charge is 0.356 e. The minimum atomic E-state index is 0.479. The Bertz CT molecular complexity index is 790. The second kappa shape index (κ2) is 5.16. The average molecular weight is 282 g/mol. The quantitative estimate of drug-likeness (QED) is 0.714. The molecule has 0 fully saturated rings. The maximum Gasteiger partial charge on any atom is 0.167 e. The van der Waals surface area contributed by atoms with Gasteiger partial charge in [0.05, 0.1) is 11.6 Å². The van der Waals surface area contributed by atoms with Gasteiger partial charge in [-0.2, -0.15) is 5.26 Å². The molecular formula is C15H8ClN3O. The molecule has 4 nitrogen and oxygen atoms in total. The van der Waals surface area contributed by atoms with E-state index in [1.54, 1.807) is 36.7 Å². The summed E-state index contributed by atoms with van der Waals surface area (Å²) in [7, 11) is 0. The molecule has 0 atom stereocenters. The molecule has 0 aliphatic carbocycles. The van der Waals surface area contributed by atoms with Crippen molar-refractivity contribution in [1.29, 1.82) is 5.26 Å². The first kappa shape index (κ1) is 12.4. The van der Waals surface area contributed by atoms with Crippen molar-refractivity contribution in [3.63, 3.8) is 0 Å². The summed E-state index contributed by atoms with van der Waals surface area (Å²) in [5.74, 6) is 0.558. The number of nitrogens with zero attached hydrogens (tertiary/aromatic N) is 3. The van der Waals surface area contributed by atoms with E-state index in [0.29, 0.717) is 22.0 Å². The molecule has 0 saturated carbocycles. The van der Waals surface area contributed by atoms with E-state index < -0.39 is 0 Å². The van der Waals surface area contributed by atoms with Crippen LogP contribution in [0.3, 0.4) is 0 Å². The maximum atomic E-state index is 8.95. The van der Waals surface area contributed by atoms with Crippen LogP contribution in [0.15, 0.2) is 53.3 Å². The summed E-state index contributed by atoms with van der Waals surface area (Å²) in [6, 6.07) is 12.6. The first-order valence-corrected chi connectivity index (χ1v) is 6.22. The van der Waals surface area contributed by atoms with Gasteiger partial charge in [-0.3, -0.25) is 4.98 Å². The molecule has 0 aliphatic heterocycles. The second-order valence-corrected chi connectivity index (χ2v) is 4.59. The summed E-state index contributed by atoms with van der Waals surface area (Å²) in [5, 5.41) is 13.4. The van der Waals surface area contributed by atoms with Gasteiger partial charge in [-0.1, -0.05) is 16.8 Å². The molecule has 0 N–H and O–H groups in total. The monoisotopic (exact) mass is 281 g/mol. The highest BCUT2D eigenvalue weighted by Crippen LogP contribution is 2.28. The van der Waals surface area contributed by atoms with Gasteiger partial charge in [0.15, 0.2) is 5.76 Å². The molecule has 5 heteroatoms. The standard InChI is InChI=1S/C15H8ClN3O/c16-13-5-10(8-17)4-12(6-13)15-7-14(19-20-15)11-2-1-3-18-9-11/h1-7,9H. The first-order valence-electron chi connectivity index (χ1n) is 5.84. The third-order valence-electron chi connectivity index (χ3n) is 2.78. The summed E-state index contributed by atoms with van der Waals surface area (Å²) in [6.45, 7) is 0. The number of rotatable bonds is 2. The summed E-state index contributed by atoms with van der Waals surface area (Å²) >= 11 is 5.98. The Morgan fingerprint density at radius 1 is 1.15 bits per heavy atom. The van der Waals surface area contributed by atoms with Gasteiger partial charge in [-0.25, -0.2) is 0 Å². The van der Waals surface area contributed by atoms with Crippen molar-refractivity contribution in [3.8, 4) is 28.7 Å². The van der Waals surface area contributed by atoms with E-state index in [9.17, 15) is 0 Å². The Morgan fingerprint density at radius 2 is 2.05 bits per heavy atom. The van der Waals surface area contributed by atoms with Crippen LogP contribution < -0.4 is 0 Å². The number of aromatic nitrogens is 2. The van der Waals surface area contributed by atoms with Crippen molar-refractivity contribution < 1.29 is 4.52 Å². The molecule has 96 valence electrons. The third kappa shape index (κ3) is 2.40. The lowest BCUT2D eigenvalue weighted by atomic mass is 10.1. The van der Waals surface area contributed by atoms with E-state index in [0.717, 1.165) is 11.1 Å². The molecule has 0 unspecified atom stereocenters. The van der Waals surface area contributed by atoms with E-state index in [2.05, 4.69) is 16.2 Å². The first-order chi connectivity index (χ1) is 9.76.